The molecule has 1 N–H and O–H groups in total. The second-order valence-corrected chi connectivity index (χ2v) is 5.30. The van der Waals surface area contributed by atoms with E-state index in [0.29, 0.717) is 6.42 Å². The van der Waals surface area contributed by atoms with Crippen LogP contribution in [0.5, 0.6) is 0 Å². The first-order valence-electron chi connectivity index (χ1n) is 5.89. The Morgan fingerprint density at radius 3 is 2.06 bits per heavy atom. The molecule has 1 atom stereocenters. The standard InChI is InChI=1S/C12H24N2O4/c1-8-12(5,9(15)14(6)17-7)13-10(16)18-11(2,3)4/h8H2,1-7H3,(H,13,16)/t12-/m1/s1. The molecule has 6 heteroatoms. The zero-order valence-electron chi connectivity index (χ0n) is 12.3. The molecule has 0 saturated heterocycles. The van der Waals surface area contributed by atoms with Crippen molar-refractivity contribution in [2.75, 3.05) is 14.2 Å². The Hall–Kier alpha value is -1.30. The minimum atomic E-state index is -1.05. The highest BCUT2D eigenvalue weighted by Crippen LogP contribution is 2.15. The van der Waals surface area contributed by atoms with Gasteiger partial charge in [0.05, 0.1) is 7.11 Å². The van der Waals surface area contributed by atoms with E-state index >= 15 is 0 Å². The number of rotatable bonds is 4. The van der Waals surface area contributed by atoms with E-state index in [1.807, 2.05) is 0 Å². The smallest absolute Gasteiger partial charge is 0.408 e. The van der Waals surface area contributed by atoms with Crippen molar-refractivity contribution in [2.45, 2.75) is 52.2 Å². The van der Waals surface area contributed by atoms with Gasteiger partial charge in [-0.3, -0.25) is 9.63 Å². The van der Waals surface area contributed by atoms with Crippen LogP contribution in [0.1, 0.15) is 41.0 Å². The van der Waals surface area contributed by atoms with Gasteiger partial charge in [-0.05, 0) is 34.1 Å². The monoisotopic (exact) mass is 260 g/mol. The average molecular weight is 260 g/mol. The molecule has 0 aromatic heterocycles. The Kier molecular flexibility index (Phi) is 5.60. The molecule has 0 aliphatic heterocycles. The zero-order chi connectivity index (χ0) is 14.6. The number of nitrogens with zero attached hydrogens (tertiary/aromatic N) is 1. The SMILES string of the molecule is CC[C@@](C)(NC(=O)OC(C)(C)C)C(=O)N(C)OC. The van der Waals surface area contributed by atoms with Crippen LogP contribution in [0.25, 0.3) is 0 Å². The van der Waals surface area contributed by atoms with Crippen LogP contribution < -0.4 is 5.32 Å². The van der Waals surface area contributed by atoms with Gasteiger partial charge in [0.15, 0.2) is 0 Å². The molecule has 0 radical (unpaired) electrons. The Labute approximate surface area is 109 Å². The minimum absolute atomic E-state index is 0.335. The van der Waals surface area contributed by atoms with Crippen LogP contribution in [0.3, 0.4) is 0 Å². The first-order chi connectivity index (χ1) is 8.05. The molecule has 0 fully saturated rings. The second kappa shape index (κ2) is 6.04. The molecule has 0 unspecified atom stereocenters. The largest absolute Gasteiger partial charge is 0.444 e. The summed E-state index contributed by atoms with van der Waals surface area (Å²) in [4.78, 5) is 28.6. The summed E-state index contributed by atoms with van der Waals surface area (Å²) in [6.45, 7) is 8.73. The lowest BCUT2D eigenvalue weighted by Crippen LogP contribution is -2.57. The Morgan fingerprint density at radius 2 is 1.72 bits per heavy atom. The lowest BCUT2D eigenvalue weighted by molar-refractivity contribution is -0.175. The van der Waals surface area contributed by atoms with Gasteiger partial charge in [-0.1, -0.05) is 6.92 Å². The normalized spacial score (nSPS) is 14.6. The number of hydroxylamine groups is 2. The topological polar surface area (TPSA) is 67.9 Å². The van der Waals surface area contributed by atoms with Crippen LogP contribution in [0.15, 0.2) is 0 Å². The lowest BCUT2D eigenvalue weighted by atomic mass is 9.98. The first kappa shape index (κ1) is 16.7. The van der Waals surface area contributed by atoms with Crippen LogP contribution in [0, 0.1) is 0 Å². The molecule has 0 aliphatic rings. The summed E-state index contributed by atoms with van der Waals surface area (Å²) < 4.78 is 5.14. The Morgan fingerprint density at radius 1 is 1.22 bits per heavy atom. The van der Waals surface area contributed by atoms with Crippen LogP contribution in [0.4, 0.5) is 4.79 Å². The van der Waals surface area contributed by atoms with E-state index in [4.69, 9.17) is 9.57 Å². The van der Waals surface area contributed by atoms with E-state index in [2.05, 4.69) is 5.32 Å². The van der Waals surface area contributed by atoms with Crippen molar-refractivity contribution in [2.24, 2.45) is 0 Å². The predicted molar refractivity (Wildman–Crippen MR) is 67.8 cm³/mol. The van der Waals surface area contributed by atoms with Crippen LogP contribution in [-0.4, -0.2) is 42.4 Å². The molecular weight excluding hydrogens is 236 g/mol. The third-order valence-corrected chi connectivity index (χ3v) is 2.52. The molecule has 0 heterocycles. The maximum atomic E-state index is 12.1. The third kappa shape index (κ3) is 4.91. The lowest BCUT2D eigenvalue weighted by Gasteiger charge is -2.32. The van der Waals surface area contributed by atoms with Crippen LogP contribution in [0.2, 0.25) is 0 Å². The van der Waals surface area contributed by atoms with Crippen molar-refractivity contribution in [3.63, 3.8) is 0 Å². The molecule has 0 aromatic rings. The van der Waals surface area contributed by atoms with E-state index in [0.717, 1.165) is 5.06 Å². The molecule has 0 spiro atoms. The molecule has 6 nitrogen and oxygen atoms in total. The summed E-state index contributed by atoms with van der Waals surface area (Å²) in [6.07, 6.45) is -0.191. The number of ether oxygens (including phenoxy) is 1. The van der Waals surface area contributed by atoms with Crippen molar-refractivity contribution in [1.82, 2.24) is 10.4 Å². The maximum Gasteiger partial charge on any atom is 0.408 e. The fourth-order valence-electron chi connectivity index (χ4n) is 1.25. The predicted octanol–water partition coefficient (Wildman–Crippen LogP) is 1.70. The highest BCUT2D eigenvalue weighted by molar-refractivity contribution is 5.88. The van der Waals surface area contributed by atoms with Gasteiger partial charge in [-0.2, -0.15) is 0 Å². The Balaban J connectivity index is 4.77. The summed E-state index contributed by atoms with van der Waals surface area (Å²) in [7, 11) is 2.88. The van der Waals surface area contributed by atoms with Gasteiger partial charge in [0, 0.05) is 7.05 Å². The number of hydrogen-bond acceptors (Lipinski definition) is 4. The third-order valence-electron chi connectivity index (χ3n) is 2.52. The molecule has 0 aromatic carbocycles. The fourth-order valence-corrected chi connectivity index (χ4v) is 1.25. The van der Waals surface area contributed by atoms with Gasteiger partial charge in [-0.25, -0.2) is 9.86 Å². The van der Waals surface area contributed by atoms with Gasteiger partial charge in [0.2, 0.25) is 0 Å². The summed E-state index contributed by atoms with van der Waals surface area (Å²) in [6, 6.07) is 0. The minimum Gasteiger partial charge on any atom is -0.444 e. The van der Waals surface area contributed by atoms with Crippen LogP contribution in [-0.2, 0) is 14.4 Å². The van der Waals surface area contributed by atoms with Crippen molar-refractivity contribution < 1.29 is 19.2 Å². The van der Waals surface area contributed by atoms with E-state index < -0.39 is 17.2 Å². The highest BCUT2D eigenvalue weighted by Gasteiger charge is 2.37. The van der Waals surface area contributed by atoms with Crippen molar-refractivity contribution >= 4 is 12.0 Å². The molecule has 2 amide bonds. The number of likely N-dealkylation sites (N-methyl/N-ethyl adjacent to an activating group) is 1. The summed E-state index contributed by atoms with van der Waals surface area (Å²) in [5.74, 6) is -0.335. The fraction of sp³-hybridized carbons (Fsp3) is 0.833. The van der Waals surface area contributed by atoms with Crippen molar-refractivity contribution in [3.05, 3.63) is 0 Å². The summed E-state index contributed by atoms with van der Waals surface area (Å²) >= 11 is 0. The summed E-state index contributed by atoms with van der Waals surface area (Å²) in [5, 5.41) is 3.67. The Bertz CT molecular complexity index is 312. The average Bonchev–Trinajstić information content (AvgIpc) is 2.23. The van der Waals surface area contributed by atoms with E-state index in [1.165, 1.54) is 14.2 Å². The number of carbonyl (C=O) groups excluding carboxylic acids is 2. The molecular formula is C12H24N2O4. The zero-order valence-corrected chi connectivity index (χ0v) is 12.3. The van der Waals surface area contributed by atoms with Gasteiger partial charge >= 0.3 is 6.09 Å². The van der Waals surface area contributed by atoms with E-state index in [-0.39, 0.29) is 5.91 Å². The molecule has 0 aliphatic carbocycles. The number of alkyl carbamates (subject to hydrolysis) is 1. The number of amides is 2. The van der Waals surface area contributed by atoms with Crippen molar-refractivity contribution in [3.8, 4) is 0 Å². The van der Waals surface area contributed by atoms with Gasteiger partial charge in [0.25, 0.3) is 5.91 Å². The number of carbonyl (C=O) groups is 2. The second-order valence-electron chi connectivity index (χ2n) is 5.30. The molecule has 0 saturated carbocycles. The first-order valence-corrected chi connectivity index (χ1v) is 5.89. The number of hydrogen-bond donors (Lipinski definition) is 1. The quantitative estimate of drug-likeness (QED) is 0.781. The van der Waals surface area contributed by atoms with E-state index in [1.54, 1.807) is 34.6 Å². The van der Waals surface area contributed by atoms with Gasteiger partial charge in [-0.15, -0.1) is 0 Å². The van der Waals surface area contributed by atoms with Crippen LogP contribution >= 0.6 is 0 Å². The molecule has 0 rings (SSSR count). The molecule has 0 bridgehead atoms. The highest BCUT2D eigenvalue weighted by atomic mass is 16.7. The van der Waals surface area contributed by atoms with Gasteiger partial charge < -0.3 is 10.1 Å². The number of nitrogens with one attached hydrogen (secondary N) is 1. The summed E-state index contributed by atoms with van der Waals surface area (Å²) in [5.41, 5.74) is -1.65. The van der Waals surface area contributed by atoms with E-state index in [9.17, 15) is 9.59 Å². The molecule has 106 valence electrons. The van der Waals surface area contributed by atoms with Crippen molar-refractivity contribution in [1.29, 1.82) is 0 Å². The molecule has 18 heavy (non-hydrogen) atoms. The maximum absolute atomic E-state index is 12.1. The van der Waals surface area contributed by atoms with Gasteiger partial charge in [0.1, 0.15) is 11.1 Å².